The number of hydrogen-bond donors (Lipinski definition) is 0. The van der Waals surface area contributed by atoms with Crippen molar-refractivity contribution in [2.75, 3.05) is 26.2 Å². The number of nitrogens with zero attached hydrogens (tertiary/aromatic N) is 2. The predicted octanol–water partition coefficient (Wildman–Crippen LogP) is 3.79. The first-order valence-corrected chi connectivity index (χ1v) is 9.39. The van der Waals surface area contributed by atoms with Gasteiger partial charge in [0, 0.05) is 43.7 Å². The lowest BCUT2D eigenvalue weighted by Gasteiger charge is -2.35. The molecular formula is C21H23ClN2O. The van der Waals surface area contributed by atoms with Crippen molar-refractivity contribution in [1.29, 1.82) is 0 Å². The Morgan fingerprint density at radius 1 is 0.960 bits per heavy atom. The third-order valence-electron chi connectivity index (χ3n) is 5.35. The van der Waals surface area contributed by atoms with Crippen molar-refractivity contribution in [1.82, 2.24) is 9.80 Å². The first kappa shape index (κ1) is 16.6. The van der Waals surface area contributed by atoms with Gasteiger partial charge in [0.1, 0.15) is 0 Å². The van der Waals surface area contributed by atoms with E-state index < -0.39 is 0 Å². The fourth-order valence-electron chi connectivity index (χ4n) is 3.79. The lowest BCUT2D eigenvalue weighted by molar-refractivity contribution is -0.134. The van der Waals surface area contributed by atoms with Crippen LogP contribution in [0.5, 0.6) is 0 Å². The molecule has 2 aromatic rings. The zero-order valence-corrected chi connectivity index (χ0v) is 15.0. The quantitative estimate of drug-likeness (QED) is 0.834. The summed E-state index contributed by atoms with van der Waals surface area (Å²) >= 11 is 6.28. The normalized spacial score (nSPS) is 23.5. The van der Waals surface area contributed by atoms with Gasteiger partial charge in [-0.2, -0.15) is 0 Å². The van der Waals surface area contributed by atoms with E-state index in [2.05, 4.69) is 35.2 Å². The summed E-state index contributed by atoms with van der Waals surface area (Å²) in [6.45, 7) is 4.53. The number of carbonyl (C=O) groups is 1. The number of hydrogen-bond acceptors (Lipinski definition) is 2. The molecule has 2 unspecified atom stereocenters. The molecule has 0 bridgehead atoms. The second-order valence-corrected chi connectivity index (χ2v) is 7.46. The van der Waals surface area contributed by atoms with E-state index in [1.807, 2.05) is 29.2 Å². The van der Waals surface area contributed by atoms with E-state index in [1.165, 1.54) is 5.56 Å². The van der Waals surface area contributed by atoms with Crippen molar-refractivity contribution in [2.24, 2.45) is 5.92 Å². The first-order valence-electron chi connectivity index (χ1n) is 9.02. The smallest absolute Gasteiger partial charge is 0.226 e. The second kappa shape index (κ2) is 7.19. The highest BCUT2D eigenvalue weighted by Gasteiger charge is 2.46. The number of rotatable bonds is 4. The van der Waals surface area contributed by atoms with Crippen molar-refractivity contribution in [3.8, 4) is 0 Å². The van der Waals surface area contributed by atoms with Crippen LogP contribution in [0.15, 0.2) is 54.6 Å². The monoisotopic (exact) mass is 354 g/mol. The van der Waals surface area contributed by atoms with Crippen LogP contribution in [0.4, 0.5) is 0 Å². The third kappa shape index (κ3) is 3.73. The predicted molar refractivity (Wildman–Crippen MR) is 101 cm³/mol. The molecule has 1 amide bonds. The molecule has 0 spiro atoms. The van der Waals surface area contributed by atoms with E-state index in [0.717, 1.165) is 49.7 Å². The summed E-state index contributed by atoms with van der Waals surface area (Å²) in [5.41, 5.74) is 2.47. The van der Waals surface area contributed by atoms with Crippen LogP contribution in [0.3, 0.4) is 0 Å². The Hall–Kier alpha value is -1.84. The Morgan fingerprint density at radius 2 is 1.64 bits per heavy atom. The Labute approximate surface area is 154 Å². The maximum atomic E-state index is 12.8. The highest BCUT2D eigenvalue weighted by molar-refractivity contribution is 6.31. The standard InChI is InChI=1S/C21H23ClN2O/c22-20-9-5-4-8-17(20)18-14-19(18)21(25)24-12-10-23(11-13-24)15-16-6-2-1-3-7-16/h1-9,18-19H,10-15H2. The van der Waals surface area contributed by atoms with Crippen LogP contribution in [0.2, 0.25) is 5.02 Å². The molecule has 1 saturated carbocycles. The summed E-state index contributed by atoms with van der Waals surface area (Å²) < 4.78 is 0. The second-order valence-electron chi connectivity index (χ2n) is 7.06. The molecule has 0 N–H and O–H groups in total. The Bertz CT molecular complexity index is 741. The molecule has 3 nitrogen and oxygen atoms in total. The average molecular weight is 355 g/mol. The molecule has 1 saturated heterocycles. The van der Waals surface area contributed by atoms with Gasteiger partial charge in [-0.3, -0.25) is 9.69 Å². The van der Waals surface area contributed by atoms with Crippen LogP contribution in [-0.2, 0) is 11.3 Å². The SMILES string of the molecule is O=C(C1CC1c1ccccc1Cl)N1CCN(Cc2ccccc2)CC1. The van der Waals surface area contributed by atoms with Crippen molar-refractivity contribution in [2.45, 2.75) is 18.9 Å². The van der Waals surface area contributed by atoms with Gasteiger partial charge in [0.05, 0.1) is 0 Å². The van der Waals surface area contributed by atoms with E-state index in [9.17, 15) is 4.79 Å². The lowest BCUT2D eigenvalue weighted by atomic mass is 10.1. The summed E-state index contributed by atoms with van der Waals surface area (Å²) in [6.07, 6.45) is 0.937. The average Bonchev–Trinajstić information content (AvgIpc) is 3.44. The van der Waals surface area contributed by atoms with E-state index in [4.69, 9.17) is 11.6 Å². The molecule has 1 heterocycles. The largest absolute Gasteiger partial charge is 0.340 e. The zero-order chi connectivity index (χ0) is 17.2. The zero-order valence-electron chi connectivity index (χ0n) is 14.3. The maximum Gasteiger partial charge on any atom is 0.226 e. The fourth-order valence-corrected chi connectivity index (χ4v) is 4.07. The topological polar surface area (TPSA) is 23.6 Å². The number of carbonyl (C=O) groups excluding carboxylic acids is 1. The molecule has 2 fully saturated rings. The summed E-state index contributed by atoms with van der Waals surface area (Å²) in [7, 11) is 0. The van der Waals surface area contributed by atoms with E-state index in [-0.39, 0.29) is 5.92 Å². The number of piperazine rings is 1. The van der Waals surface area contributed by atoms with E-state index >= 15 is 0 Å². The lowest BCUT2D eigenvalue weighted by Crippen LogP contribution is -2.48. The minimum absolute atomic E-state index is 0.126. The molecule has 2 atom stereocenters. The van der Waals surface area contributed by atoms with Crippen LogP contribution in [0.25, 0.3) is 0 Å². The van der Waals surface area contributed by atoms with Crippen LogP contribution in [0.1, 0.15) is 23.5 Å². The maximum absolute atomic E-state index is 12.8. The molecule has 0 radical (unpaired) electrons. The van der Waals surface area contributed by atoms with Gasteiger partial charge < -0.3 is 4.90 Å². The highest BCUT2D eigenvalue weighted by atomic mass is 35.5. The van der Waals surface area contributed by atoms with Gasteiger partial charge in [-0.25, -0.2) is 0 Å². The molecule has 1 aliphatic carbocycles. The minimum atomic E-state index is 0.126. The van der Waals surface area contributed by atoms with Crippen LogP contribution in [-0.4, -0.2) is 41.9 Å². The van der Waals surface area contributed by atoms with Gasteiger partial charge in [-0.15, -0.1) is 0 Å². The molecule has 4 heteroatoms. The third-order valence-corrected chi connectivity index (χ3v) is 5.69. The number of amides is 1. The molecule has 4 rings (SSSR count). The molecule has 2 aromatic carbocycles. The summed E-state index contributed by atoms with van der Waals surface area (Å²) in [5.74, 6) is 0.744. The number of benzene rings is 2. The molecule has 130 valence electrons. The first-order chi connectivity index (χ1) is 12.2. The van der Waals surface area contributed by atoms with Gasteiger partial charge in [-0.1, -0.05) is 60.1 Å². The fraction of sp³-hybridized carbons (Fsp3) is 0.381. The van der Waals surface area contributed by atoms with Crippen molar-refractivity contribution in [3.05, 3.63) is 70.7 Å². The van der Waals surface area contributed by atoms with Gasteiger partial charge in [-0.05, 0) is 29.5 Å². The molecule has 0 aromatic heterocycles. The van der Waals surface area contributed by atoms with Crippen LogP contribution >= 0.6 is 11.6 Å². The summed E-state index contributed by atoms with van der Waals surface area (Å²) in [4.78, 5) is 17.3. The Balaban J connectivity index is 1.30. The van der Waals surface area contributed by atoms with Crippen LogP contribution in [0, 0.1) is 5.92 Å². The summed E-state index contributed by atoms with van der Waals surface area (Å²) in [5, 5.41) is 0.787. The van der Waals surface area contributed by atoms with Gasteiger partial charge in [0.25, 0.3) is 0 Å². The Kier molecular flexibility index (Phi) is 4.78. The van der Waals surface area contributed by atoms with Crippen molar-refractivity contribution in [3.63, 3.8) is 0 Å². The van der Waals surface area contributed by atoms with Gasteiger partial charge >= 0.3 is 0 Å². The summed E-state index contributed by atoms with van der Waals surface area (Å²) in [6, 6.07) is 18.4. The van der Waals surface area contributed by atoms with Crippen molar-refractivity contribution < 1.29 is 4.79 Å². The minimum Gasteiger partial charge on any atom is -0.340 e. The van der Waals surface area contributed by atoms with E-state index in [1.54, 1.807) is 0 Å². The number of halogens is 1. The molecule has 1 aliphatic heterocycles. The Morgan fingerprint density at radius 3 is 2.36 bits per heavy atom. The van der Waals surface area contributed by atoms with Crippen molar-refractivity contribution >= 4 is 17.5 Å². The van der Waals surface area contributed by atoms with Crippen LogP contribution < -0.4 is 0 Å². The molecule has 25 heavy (non-hydrogen) atoms. The van der Waals surface area contributed by atoms with Gasteiger partial charge in [0.15, 0.2) is 0 Å². The molecular weight excluding hydrogens is 332 g/mol. The van der Waals surface area contributed by atoms with E-state index in [0.29, 0.717) is 11.8 Å². The van der Waals surface area contributed by atoms with Gasteiger partial charge in [0.2, 0.25) is 5.91 Å². The highest BCUT2D eigenvalue weighted by Crippen LogP contribution is 2.50. The molecule has 2 aliphatic rings.